The lowest BCUT2D eigenvalue weighted by Gasteiger charge is -2.33. The molecule has 0 spiro atoms. The summed E-state index contributed by atoms with van der Waals surface area (Å²) in [4.78, 5) is 20.9. The van der Waals surface area contributed by atoms with Gasteiger partial charge in [-0.2, -0.15) is 0 Å². The third-order valence-corrected chi connectivity index (χ3v) is 6.50. The van der Waals surface area contributed by atoms with Crippen LogP contribution in [0, 0.1) is 0 Å². The van der Waals surface area contributed by atoms with Crippen LogP contribution < -0.4 is 0 Å². The molecule has 0 atom stereocenters. The number of furan rings is 1. The predicted octanol–water partition coefficient (Wildman–Crippen LogP) is 5.17. The number of benzene rings is 2. The predicted molar refractivity (Wildman–Crippen MR) is 126 cm³/mol. The minimum Gasteiger partial charge on any atom is -0.467 e. The van der Waals surface area contributed by atoms with Gasteiger partial charge in [0, 0.05) is 23.6 Å². The average Bonchev–Trinajstić information content (AvgIpc) is 3.50. The first-order chi connectivity index (χ1) is 15.8. The highest BCUT2D eigenvalue weighted by Gasteiger charge is 2.25. The zero-order valence-corrected chi connectivity index (χ0v) is 18.2. The average molecular weight is 428 g/mol. The maximum absolute atomic E-state index is 13.3. The molecule has 1 aliphatic heterocycles. The van der Waals surface area contributed by atoms with E-state index >= 15 is 0 Å². The summed E-state index contributed by atoms with van der Waals surface area (Å²) >= 11 is 0. The van der Waals surface area contributed by atoms with Gasteiger partial charge in [0.05, 0.1) is 19.4 Å². The van der Waals surface area contributed by atoms with Gasteiger partial charge in [0.25, 0.3) is 0 Å². The number of aromatic nitrogens is 1. The highest BCUT2D eigenvalue weighted by molar-refractivity contribution is 5.83. The Morgan fingerprint density at radius 1 is 0.969 bits per heavy atom. The SMILES string of the molecule is O=C(CN1CCC(c2c[nH]c3ccccc23)CC1)N(Cc1ccccc1)Cc1ccco1. The molecule has 0 unspecified atom stereocenters. The molecule has 5 nitrogen and oxygen atoms in total. The summed E-state index contributed by atoms with van der Waals surface area (Å²) in [5.41, 5.74) is 3.75. The summed E-state index contributed by atoms with van der Waals surface area (Å²) in [7, 11) is 0. The topological polar surface area (TPSA) is 52.5 Å². The molecule has 0 saturated carbocycles. The van der Waals surface area contributed by atoms with Gasteiger partial charge in [-0.05, 0) is 61.2 Å². The fourth-order valence-corrected chi connectivity index (χ4v) is 4.75. The minimum atomic E-state index is 0.149. The molecule has 4 aromatic rings. The van der Waals surface area contributed by atoms with Crippen LogP contribution in [-0.4, -0.2) is 40.3 Å². The van der Waals surface area contributed by atoms with Crippen molar-refractivity contribution in [1.29, 1.82) is 0 Å². The van der Waals surface area contributed by atoms with Crippen LogP contribution in [0.15, 0.2) is 83.6 Å². The molecular formula is C27H29N3O2. The number of para-hydroxylation sites is 1. The van der Waals surface area contributed by atoms with Gasteiger partial charge in [-0.1, -0.05) is 48.5 Å². The Labute approximate surface area is 188 Å². The van der Waals surface area contributed by atoms with Crippen molar-refractivity contribution in [2.45, 2.75) is 31.8 Å². The number of carbonyl (C=O) groups is 1. The highest BCUT2D eigenvalue weighted by Crippen LogP contribution is 2.33. The van der Waals surface area contributed by atoms with E-state index in [9.17, 15) is 4.79 Å². The third-order valence-electron chi connectivity index (χ3n) is 6.50. The van der Waals surface area contributed by atoms with E-state index < -0.39 is 0 Å². The van der Waals surface area contributed by atoms with E-state index in [2.05, 4.69) is 52.5 Å². The Kier molecular flexibility index (Phi) is 6.08. The molecule has 5 rings (SSSR count). The minimum absolute atomic E-state index is 0.149. The molecule has 1 fully saturated rings. The van der Waals surface area contributed by atoms with E-state index in [1.54, 1.807) is 6.26 Å². The van der Waals surface area contributed by atoms with Crippen molar-refractivity contribution >= 4 is 16.8 Å². The summed E-state index contributed by atoms with van der Waals surface area (Å²) in [6.07, 6.45) is 5.98. The van der Waals surface area contributed by atoms with Crippen LogP contribution in [0.1, 0.15) is 35.6 Å². The number of carbonyl (C=O) groups excluding carboxylic acids is 1. The number of likely N-dealkylation sites (tertiary alicyclic amines) is 1. The largest absolute Gasteiger partial charge is 0.467 e. The Hall–Kier alpha value is -3.31. The van der Waals surface area contributed by atoms with Crippen molar-refractivity contribution in [3.63, 3.8) is 0 Å². The zero-order valence-electron chi connectivity index (χ0n) is 18.2. The molecule has 32 heavy (non-hydrogen) atoms. The van der Waals surface area contributed by atoms with E-state index in [4.69, 9.17) is 4.42 Å². The number of rotatable bonds is 7. The monoisotopic (exact) mass is 427 g/mol. The second-order valence-electron chi connectivity index (χ2n) is 8.65. The lowest BCUT2D eigenvalue weighted by atomic mass is 9.89. The zero-order chi connectivity index (χ0) is 21.8. The molecule has 1 N–H and O–H groups in total. The number of nitrogens with zero attached hydrogens (tertiary/aromatic N) is 2. The normalized spacial score (nSPS) is 15.2. The Morgan fingerprint density at radius 3 is 2.53 bits per heavy atom. The van der Waals surface area contributed by atoms with Crippen LogP contribution in [0.4, 0.5) is 0 Å². The lowest BCUT2D eigenvalue weighted by molar-refractivity contribution is -0.134. The molecule has 1 amide bonds. The maximum atomic E-state index is 13.3. The van der Waals surface area contributed by atoms with E-state index in [1.165, 1.54) is 16.5 Å². The number of fused-ring (bicyclic) bond motifs is 1. The van der Waals surface area contributed by atoms with Gasteiger partial charge in [-0.25, -0.2) is 0 Å². The standard InChI is InChI=1S/C27H29N3O2/c31-27(30(19-23-9-6-16-32-23)18-21-7-2-1-3-8-21)20-29-14-12-22(13-15-29)25-17-28-26-11-5-4-10-24(25)26/h1-11,16-17,22,28H,12-15,18-20H2. The molecule has 3 heterocycles. The molecule has 0 aliphatic carbocycles. The second-order valence-corrected chi connectivity index (χ2v) is 8.65. The fraction of sp³-hybridized carbons (Fsp3) is 0.296. The smallest absolute Gasteiger partial charge is 0.237 e. The summed E-state index contributed by atoms with van der Waals surface area (Å²) in [6, 6.07) is 22.5. The molecule has 164 valence electrons. The van der Waals surface area contributed by atoms with E-state index in [0.29, 0.717) is 25.6 Å². The number of amides is 1. The van der Waals surface area contributed by atoms with Crippen molar-refractivity contribution in [1.82, 2.24) is 14.8 Å². The van der Waals surface area contributed by atoms with Crippen LogP contribution in [-0.2, 0) is 17.9 Å². The Bertz CT molecular complexity index is 1140. The molecule has 0 bridgehead atoms. The van der Waals surface area contributed by atoms with Gasteiger partial charge < -0.3 is 14.3 Å². The third kappa shape index (κ3) is 4.63. The second kappa shape index (κ2) is 9.45. The van der Waals surface area contributed by atoms with Crippen molar-refractivity contribution in [3.8, 4) is 0 Å². The molecule has 0 radical (unpaired) electrons. The van der Waals surface area contributed by atoms with E-state index in [1.807, 2.05) is 35.2 Å². The molecule has 2 aromatic heterocycles. The summed E-state index contributed by atoms with van der Waals surface area (Å²) < 4.78 is 5.52. The van der Waals surface area contributed by atoms with E-state index in [-0.39, 0.29) is 5.91 Å². The number of hydrogen-bond acceptors (Lipinski definition) is 3. The maximum Gasteiger partial charge on any atom is 0.237 e. The van der Waals surface area contributed by atoms with Crippen LogP contribution in [0.2, 0.25) is 0 Å². The Balaban J connectivity index is 1.22. The first-order valence-corrected chi connectivity index (χ1v) is 11.4. The highest BCUT2D eigenvalue weighted by atomic mass is 16.3. The first kappa shape index (κ1) is 20.6. The van der Waals surface area contributed by atoms with Gasteiger partial charge in [0.15, 0.2) is 0 Å². The number of nitrogens with one attached hydrogen (secondary N) is 1. The number of aromatic amines is 1. The Morgan fingerprint density at radius 2 is 1.75 bits per heavy atom. The number of H-pyrrole nitrogens is 1. The molecular weight excluding hydrogens is 398 g/mol. The van der Waals surface area contributed by atoms with Gasteiger partial charge in [-0.15, -0.1) is 0 Å². The van der Waals surface area contributed by atoms with Crippen molar-refractivity contribution in [3.05, 3.63) is 96.1 Å². The van der Waals surface area contributed by atoms with Crippen molar-refractivity contribution < 1.29 is 9.21 Å². The van der Waals surface area contributed by atoms with Gasteiger partial charge in [-0.3, -0.25) is 9.69 Å². The number of piperidine rings is 1. The fourth-order valence-electron chi connectivity index (χ4n) is 4.75. The van der Waals surface area contributed by atoms with Crippen molar-refractivity contribution in [2.75, 3.05) is 19.6 Å². The van der Waals surface area contributed by atoms with E-state index in [0.717, 1.165) is 37.3 Å². The van der Waals surface area contributed by atoms with Gasteiger partial charge >= 0.3 is 0 Å². The molecule has 1 saturated heterocycles. The number of hydrogen-bond donors (Lipinski definition) is 1. The van der Waals surface area contributed by atoms with Gasteiger partial charge in [0.1, 0.15) is 5.76 Å². The summed E-state index contributed by atoms with van der Waals surface area (Å²) in [6.45, 7) is 3.42. The van der Waals surface area contributed by atoms with Crippen LogP contribution in [0.3, 0.4) is 0 Å². The summed E-state index contributed by atoms with van der Waals surface area (Å²) in [5, 5.41) is 1.33. The van der Waals surface area contributed by atoms with Gasteiger partial charge in [0.2, 0.25) is 5.91 Å². The molecule has 1 aliphatic rings. The van der Waals surface area contributed by atoms with Crippen molar-refractivity contribution in [2.24, 2.45) is 0 Å². The lowest BCUT2D eigenvalue weighted by Crippen LogP contribution is -2.42. The molecule has 5 heteroatoms. The van der Waals surface area contributed by atoms with Crippen LogP contribution in [0.25, 0.3) is 10.9 Å². The first-order valence-electron chi connectivity index (χ1n) is 11.4. The summed E-state index contributed by atoms with van der Waals surface area (Å²) in [5.74, 6) is 1.50. The molecule has 2 aromatic carbocycles. The van der Waals surface area contributed by atoms with Crippen LogP contribution >= 0.6 is 0 Å². The quantitative estimate of drug-likeness (QED) is 0.443. The van der Waals surface area contributed by atoms with Crippen LogP contribution in [0.5, 0.6) is 0 Å².